The predicted molar refractivity (Wildman–Crippen MR) is 87.6 cm³/mol. The van der Waals surface area contributed by atoms with Crippen LogP contribution in [0.1, 0.15) is 36.5 Å². The summed E-state index contributed by atoms with van der Waals surface area (Å²) in [5.41, 5.74) is 1.32. The van der Waals surface area contributed by atoms with Gasteiger partial charge in [-0.15, -0.1) is 10.2 Å². The SMILES string of the molecule is CCCCc1nnc2n1N1C(=CSC1c1ccccc1)S2. The molecule has 4 rings (SSSR count). The maximum absolute atomic E-state index is 4.38. The fraction of sp³-hybridized carbons (Fsp3) is 0.333. The Kier molecular flexibility index (Phi) is 3.43. The standard InChI is InChI=1S/C15H16N4S2/c1-2-3-9-12-16-17-15-18(12)19-13(21-15)10-20-14(19)11-7-5-4-6-8-11/h4-8,10,14H,2-3,9H2,1H3. The van der Waals surface area contributed by atoms with Crippen LogP contribution >= 0.6 is 23.5 Å². The maximum Gasteiger partial charge on any atom is 0.216 e. The summed E-state index contributed by atoms with van der Waals surface area (Å²) in [5.74, 6) is 1.08. The molecule has 4 nitrogen and oxygen atoms in total. The van der Waals surface area contributed by atoms with Gasteiger partial charge in [0, 0.05) is 11.8 Å². The van der Waals surface area contributed by atoms with Gasteiger partial charge in [-0.25, -0.2) is 4.68 Å². The van der Waals surface area contributed by atoms with E-state index in [0.29, 0.717) is 0 Å². The molecular formula is C15H16N4S2. The van der Waals surface area contributed by atoms with Crippen LogP contribution in [0.15, 0.2) is 45.9 Å². The molecule has 6 heteroatoms. The Morgan fingerprint density at radius 3 is 2.86 bits per heavy atom. The molecule has 0 aliphatic carbocycles. The summed E-state index contributed by atoms with van der Waals surface area (Å²) >= 11 is 3.57. The second-order valence-electron chi connectivity index (χ2n) is 5.12. The Balaban J connectivity index is 1.70. The minimum atomic E-state index is 0.284. The topological polar surface area (TPSA) is 34.0 Å². The lowest BCUT2D eigenvalue weighted by Crippen LogP contribution is -2.30. The van der Waals surface area contributed by atoms with E-state index in [1.807, 2.05) is 11.8 Å². The first-order chi connectivity index (χ1) is 10.4. The van der Waals surface area contributed by atoms with Gasteiger partial charge in [0.15, 0.2) is 5.82 Å². The van der Waals surface area contributed by atoms with Crippen LogP contribution in [-0.2, 0) is 6.42 Å². The highest BCUT2D eigenvalue weighted by Crippen LogP contribution is 2.51. The first-order valence-electron chi connectivity index (χ1n) is 7.20. The summed E-state index contributed by atoms with van der Waals surface area (Å²) in [7, 11) is 0. The van der Waals surface area contributed by atoms with Gasteiger partial charge >= 0.3 is 0 Å². The van der Waals surface area contributed by atoms with Gasteiger partial charge in [-0.2, -0.15) is 0 Å². The van der Waals surface area contributed by atoms with Gasteiger partial charge in [-0.3, -0.25) is 5.01 Å². The molecule has 108 valence electrons. The molecule has 1 unspecified atom stereocenters. The van der Waals surface area contributed by atoms with Crippen LogP contribution in [0, 0.1) is 0 Å². The number of fused-ring (bicyclic) bond motifs is 3. The Hall–Kier alpha value is -1.40. The lowest BCUT2D eigenvalue weighted by atomic mass is 10.2. The molecule has 0 spiro atoms. The van der Waals surface area contributed by atoms with Crippen molar-refractivity contribution in [2.24, 2.45) is 0 Å². The Bertz CT molecular complexity index is 680. The van der Waals surface area contributed by atoms with E-state index in [9.17, 15) is 0 Å². The third-order valence-corrected chi connectivity index (χ3v) is 5.86. The van der Waals surface area contributed by atoms with Gasteiger partial charge in [0.05, 0.1) is 0 Å². The van der Waals surface area contributed by atoms with Crippen molar-refractivity contribution in [2.75, 3.05) is 5.01 Å². The van der Waals surface area contributed by atoms with E-state index in [2.05, 4.69) is 62.5 Å². The van der Waals surface area contributed by atoms with Crippen LogP contribution in [0.4, 0.5) is 0 Å². The van der Waals surface area contributed by atoms with Crippen LogP contribution in [0.25, 0.3) is 0 Å². The third-order valence-electron chi connectivity index (χ3n) is 3.67. The van der Waals surface area contributed by atoms with E-state index in [-0.39, 0.29) is 5.37 Å². The maximum atomic E-state index is 4.38. The number of aryl methyl sites for hydroxylation is 1. The number of unbranched alkanes of at least 4 members (excludes halogenated alkanes) is 1. The Morgan fingerprint density at radius 2 is 2.05 bits per heavy atom. The average molecular weight is 316 g/mol. The lowest BCUT2D eigenvalue weighted by molar-refractivity contribution is 0.591. The van der Waals surface area contributed by atoms with E-state index in [4.69, 9.17) is 0 Å². The van der Waals surface area contributed by atoms with Crippen LogP contribution < -0.4 is 5.01 Å². The molecule has 2 aliphatic rings. The number of benzene rings is 1. The molecule has 0 saturated heterocycles. The minimum absolute atomic E-state index is 0.284. The van der Waals surface area contributed by atoms with E-state index < -0.39 is 0 Å². The first kappa shape index (κ1) is 13.3. The molecule has 2 aliphatic heterocycles. The number of aromatic nitrogens is 3. The highest BCUT2D eigenvalue weighted by molar-refractivity contribution is 8.07. The van der Waals surface area contributed by atoms with Crippen molar-refractivity contribution in [3.05, 3.63) is 52.2 Å². The molecule has 0 radical (unpaired) electrons. The molecule has 1 aromatic carbocycles. The smallest absolute Gasteiger partial charge is 0.216 e. The summed E-state index contributed by atoms with van der Waals surface area (Å²) in [6, 6.07) is 10.6. The Labute approximate surface area is 132 Å². The summed E-state index contributed by atoms with van der Waals surface area (Å²) < 4.78 is 2.21. The monoisotopic (exact) mass is 316 g/mol. The zero-order chi connectivity index (χ0) is 14.2. The number of hydrogen-bond acceptors (Lipinski definition) is 5. The van der Waals surface area contributed by atoms with Gasteiger partial charge in [0.25, 0.3) is 0 Å². The molecule has 1 atom stereocenters. The molecule has 0 amide bonds. The normalized spacial score (nSPS) is 19.6. The number of hydrogen-bond donors (Lipinski definition) is 0. The molecule has 21 heavy (non-hydrogen) atoms. The number of nitrogens with zero attached hydrogens (tertiary/aromatic N) is 4. The molecule has 3 heterocycles. The number of thioether (sulfide) groups is 2. The minimum Gasteiger partial charge on any atom is -0.252 e. The summed E-state index contributed by atoms with van der Waals surface area (Å²) in [4.78, 5) is 0. The van der Waals surface area contributed by atoms with Crippen molar-refractivity contribution in [1.29, 1.82) is 0 Å². The van der Waals surface area contributed by atoms with Crippen molar-refractivity contribution in [2.45, 2.75) is 36.7 Å². The highest BCUT2D eigenvalue weighted by Gasteiger charge is 2.39. The van der Waals surface area contributed by atoms with E-state index in [1.54, 1.807) is 11.8 Å². The van der Waals surface area contributed by atoms with Crippen molar-refractivity contribution in [3.63, 3.8) is 0 Å². The van der Waals surface area contributed by atoms with Gasteiger partial charge in [0.2, 0.25) is 5.16 Å². The van der Waals surface area contributed by atoms with Gasteiger partial charge in [0.1, 0.15) is 10.4 Å². The van der Waals surface area contributed by atoms with Gasteiger partial charge in [-0.1, -0.05) is 55.4 Å². The van der Waals surface area contributed by atoms with Crippen LogP contribution in [0.3, 0.4) is 0 Å². The molecule has 2 aromatic rings. The highest BCUT2D eigenvalue weighted by atomic mass is 32.2. The van der Waals surface area contributed by atoms with Gasteiger partial charge < -0.3 is 0 Å². The zero-order valence-corrected chi connectivity index (χ0v) is 13.4. The summed E-state index contributed by atoms with van der Waals surface area (Å²) in [6.45, 7) is 2.21. The largest absolute Gasteiger partial charge is 0.252 e. The summed E-state index contributed by atoms with van der Waals surface area (Å²) in [5, 5.41) is 15.8. The molecule has 0 saturated carbocycles. The second-order valence-corrected chi connectivity index (χ2v) is 7.06. The fourth-order valence-electron chi connectivity index (χ4n) is 2.62. The predicted octanol–water partition coefficient (Wildman–Crippen LogP) is 3.91. The van der Waals surface area contributed by atoms with E-state index >= 15 is 0 Å². The molecule has 0 fully saturated rings. The quantitative estimate of drug-likeness (QED) is 0.854. The first-order valence-corrected chi connectivity index (χ1v) is 8.96. The fourth-order valence-corrected chi connectivity index (χ4v) is 4.87. The molecule has 1 aromatic heterocycles. The summed E-state index contributed by atoms with van der Waals surface area (Å²) in [6.07, 6.45) is 3.31. The zero-order valence-electron chi connectivity index (χ0n) is 11.8. The number of rotatable bonds is 4. The van der Waals surface area contributed by atoms with Crippen LogP contribution in [-0.4, -0.2) is 14.9 Å². The Morgan fingerprint density at radius 1 is 1.19 bits per heavy atom. The molecule has 0 bridgehead atoms. The third kappa shape index (κ3) is 2.17. The van der Waals surface area contributed by atoms with Crippen molar-refractivity contribution in [1.82, 2.24) is 14.9 Å². The average Bonchev–Trinajstić information content (AvgIpc) is 3.17. The molecule has 0 N–H and O–H groups in total. The van der Waals surface area contributed by atoms with Crippen LogP contribution in [0.5, 0.6) is 0 Å². The van der Waals surface area contributed by atoms with Crippen molar-refractivity contribution in [3.8, 4) is 0 Å². The second kappa shape index (κ2) is 5.42. The van der Waals surface area contributed by atoms with E-state index in [0.717, 1.165) is 23.8 Å². The van der Waals surface area contributed by atoms with Crippen molar-refractivity contribution >= 4 is 23.5 Å². The van der Waals surface area contributed by atoms with E-state index in [1.165, 1.54) is 17.0 Å². The molecular weight excluding hydrogens is 300 g/mol. The van der Waals surface area contributed by atoms with Crippen molar-refractivity contribution < 1.29 is 0 Å². The van der Waals surface area contributed by atoms with Crippen LogP contribution in [0.2, 0.25) is 0 Å². The lowest BCUT2D eigenvalue weighted by Gasteiger charge is -2.25. The van der Waals surface area contributed by atoms with Gasteiger partial charge in [-0.05, 0) is 23.7 Å².